The van der Waals surface area contributed by atoms with E-state index in [0.717, 1.165) is 11.1 Å². The topological polar surface area (TPSA) is 52.6 Å². The first-order valence-corrected chi connectivity index (χ1v) is 9.88. The molecule has 0 unspecified atom stereocenters. The highest BCUT2D eigenvalue weighted by Crippen LogP contribution is 2.20. The molecule has 4 nitrogen and oxygen atoms in total. The number of rotatable bonds is 7. The van der Waals surface area contributed by atoms with E-state index >= 15 is 0 Å². The minimum Gasteiger partial charge on any atom is -0.485 e. The van der Waals surface area contributed by atoms with Crippen molar-refractivity contribution in [3.8, 4) is 22.6 Å². The van der Waals surface area contributed by atoms with E-state index in [9.17, 15) is 9.59 Å². The molecule has 0 radical (unpaired) electrons. The van der Waals surface area contributed by atoms with Crippen LogP contribution in [0.4, 0.5) is 0 Å². The van der Waals surface area contributed by atoms with Crippen molar-refractivity contribution in [2.24, 2.45) is 0 Å². The van der Waals surface area contributed by atoms with Gasteiger partial charge in [0.25, 0.3) is 0 Å². The maximum Gasteiger partial charge on any atom is 0.343 e. The fourth-order valence-electron chi connectivity index (χ4n) is 3.05. The van der Waals surface area contributed by atoms with E-state index in [4.69, 9.17) is 9.47 Å². The Morgan fingerprint density at radius 3 is 1.74 bits per heavy atom. The van der Waals surface area contributed by atoms with Crippen LogP contribution in [0.2, 0.25) is 0 Å². The van der Waals surface area contributed by atoms with Crippen molar-refractivity contribution in [1.29, 1.82) is 0 Å². The Morgan fingerprint density at radius 1 is 0.548 bits per heavy atom. The molecular formula is C27H20O4. The van der Waals surface area contributed by atoms with E-state index < -0.39 is 5.97 Å². The van der Waals surface area contributed by atoms with Crippen molar-refractivity contribution < 1.29 is 19.1 Å². The summed E-state index contributed by atoms with van der Waals surface area (Å²) in [6.45, 7) is -0.0848. The lowest BCUT2D eigenvalue weighted by Gasteiger charge is -2.08. The monoisotopic (exact) mass is 408 g/mol. The molecule has 0 amide bonds. The highest BCUT2D eigenvalue weighted by Gasteiger charge is 2.10. The van der Waals surface area contributed by atoms with Gasteiger partial charge in [-0.25, -0.2) is 4.79 Å². The van der Waals surface area contributed by atoms with Crippen LogP contribution in [-0.2, 0) is 0 Å². The van der Waals surface area contributed by atoms with Gasteiger partial charge in [-0.1, -0.05) is 72.8 Å². The predicted molar refractivity (Wildman–Crippen MR) is 120 cm³/mol. The standard InChI is InChI=1S/C27H20O4/c28-26(22-13-11-21(12-14-22)20-7-3-1-4-8-20)19-30-24-17-15-23(16-18-24)27(29)31-25-9-5-2-6-10-25/h1-18H,19H2. The van der Waals surface area contributed by atoms with Gasteiger partial charge < -0.3 is 9.47 Å². The lowest BCUT2D eigenvalue weighted by atomic mass is 10.0. The van der Waals surface area contributed by atoms with Crippen molar-refractivity contribution in [1.82, 2.24) is 0 Å². The van der Waals surface area contributed by atoms with Crippen molar-refractivity contribution in [3.05, 3.63) is 120 Å². The molecular weight excluding hydrogens is 388 g/mol. The van der Waals surface area contributed by atoms with E-state index in [1.807, 2.05) is 48.5 Å². The fourth-order valence-corrected chi connectivity index (χ4v) is 3.05. The number of para-hydroxylation sites is 1. The Balaban J connectivity index is 1.32. The van der Waals surface area contributed by atoms with Gasteiger partial charge in [-0.3, -0.25) is 4.79 Å². The first-order valence-electron chi connectivity index (χ1n) is 9.88. The number of hydrogen-bond acceptors (Lipinski definition) is 4. The Morgan fingerprint density at radius 2 is 1.10 bits per heavy atom. The summed E-state index contributed by atoms with van der Waals surface area (Å²) < 4.78 is 10.9. The number of Topliss-reactive ketones (excluding diaryl/α,β-unsaturated/α-hetero) is 1. The molecule has 0 bridgehead atoms. The summed E-state index contributed by atoms with van der Waals surface area (Å²) in [7, 11) is 0. The van der Waals surface area contributed by atoms with Gasteiger partial charge in [-0.05, 0) is 47.5 Å². The second-order valence-corrected chi connectivity index (χ2v) is 6.88. The van der Waals surface area contributed by atoms with Gasteiger partial charge in [0.2, 0.25) is 0 Å². The molecule has 0 saturated carbocycles. The number of ketones is 1. The lowest BCUT2D eigenvalue weighted by Crippen LogP contribution is -2.12. The van der Waals surface area contributed by atoms with E-state index in [-0.39, 0.29) is 12.4 Å². The van der Waals surface area contributed by atoms with Crippen LogP contribution in [0.1, 0.15) is 20.7 Å². The fraction of sp³-hybridized carbons (Fsp3) is 0.0370. The first-order chi connectivity index (χ1) is 15.2. The molecule has 4 heteroatoms. The summed E-state index contributed by atoms with van der Waals surface area (Å²) >= 11 is 0. The van der Waals surface area contributed by atoms with E-state index in [0.29, 0.717) is 22.6 Å². The third-order valence-electron chi connectivity index (χ3n) is 4.73. The molecule has 0 aromatic heterocycles. The minimum absolute atomic E-state index is 0.0848. The molecule has 4 rings (SSSR count). The van der Waals surface area contributed by atoms with Crippen LogP contribution in [0.15, 0.2) is 109 Å². The van der Waals surface area contributed by atoms with Gasteiger partial charge >= 0.3 is 5.97 Å². The molecule has 0 fully saturated rings. The maximum absolute atomic E-state index is 12.4. The van der Waals surface area contributed by atoms with Crippen molar-refractivity contribution >= 4 is 11.8 Å². The third-order valence-corrected chi connectivity index (χ3v) is 4.73. The van der Waals surface area contributed by atoms with Crippen molar-refractivity contribution in [2.45, 2.75) is 0 Å². The van der Waals surface area contributed by atoms with Crippen LogP contribution in [0.25, 0.3) is 11.1 Å². The average molecular weight is 408 g/mol. The Bertz CT molecular complexity index is 1150. The molecule has 0 heterocycles. The quantitative estimate of drug-likeness (QED) is 0.219. The van der Waals surface area contributed by atoms with Gasteiger partial charge in [-0.15, -0.1) is 0 Å². The highest BCUT2D eigenvalue weighted by atomic mass is 16.5. The molecule has 4 aromatic carbocycles. The Kier molecular flexibility index (Phi) is 6.19. The van der Waals surface area contributed by atoms with Gasteiger partial charge in [0.05, 0.1) is 5.56 Å². The summed E-state index contributed by atoms with van der Waals surface area (Å²) in [5.74, 6) is 0.418. The van der Waals surface area contributed by atoms with Crippen LogP contribution in [-0.4, -0.2) is 18.4 Å². The maximum atomic E-state index is 12.4. The minimum atomic E-state index is -0.452. The number of carbonyl (C=O) groups is 2. The van der Waals surface area contributed by atoms with Gasteiger partial charge in [0.15, 0.2) is 12.4 Å². The normalized spacial score (nSPS) is 10.3. The Hall–Kier alpha value is -4.18. The van der Waals surface area contributed by atoms with Crippen LogP contribution < -0.4 is 9.47 Å². The molecule has 31 heavy (non-hydrogen) atoms. The summed E-state index contributed by atoms with van der Waals surface area (Å²) in [4.78, 5) is 24.6. The molecule has 0 atom stereocenters. The molecule has 152 valence electrons. The number of carbonyl (C=O) groups excluding carboxylic acids is 2. The summed E-state index contributed by atoms with van der Waals surface area (Å²) in [6, 6.07) is 32.8. The van der Waals surface area contributed by atoms with Gasteiger partial charge in [0, 0.05) is 5.56 Å². The summed E-state index contributed by atoms with van der Waals surface area (Å²) in [6.07, 6.45) is 0. The Labute approximate surface area is 180 Å². The summed E-state index contributed by atoms with van der Waals surface area (Å²) in [5.41, 5.74) is 3.14. The zero-order valence-corrected chi connectivity index (χ0v) is 16.7. The molecule has 0 saturated heterocycles. The van der Waals surface area contributed by atoms with E-state index in [1.165, 1.54) is 0 Å². The second kappa shape index (κ2) is 9.55. The zero-order chi connectivity index (χ0) is 21.5. The molecule has 4 aromatic rings. The van der Waals surface area contributed by atoms with Crippen LogP contribution >= 0.6 is 0 Å². The van der Waals surface area contributed by atoms with Crippen molar-refractivity contribution in [3.63, 3.8) is 0 Å². The number of hydrogen-bond donors (Lipinski definition) is 0. The van der Waals surface area contributed by atoms with E-state index in [2.05, 4.69) is 0 Å². The number of esters is 1. The lowest BCUT2D eigenvalue weighted by molar-refractivity contribution is 0.0734. The largest absolute Gasteiger partial charge is 0.485 e. The highest BCUT2D eigenvalue weighted by molar-refractivity contribution is 5.97. The van der Waals surface area contributed by atoms with E-state index in [1.54, 1.807) is 60.7 Å². The molecule has 0 aliphatic rings. The van der Waals surface area contributed by atoms with Crippen molar-refractivity contribution in [2.75, 3.05) is 6.61 Å². The van der Waals surface area contributed by atoms with Gasteiger partial charge in [0.1, 0.15) is 11.5 Å². The average Bonchev–Trinajstić information content (AvgIpc) is 2.84. The number of ether oxygens (including phenoxy) is 2. The van der Waals surface area contributed by atoms with Crippen LogP contribution in [0.3, 0.4) is 0 Å². The summed E-state index contributed by atoms with van der Waals surface area (Å²) in [5, 5.41) is 0. The number of benzene rings is 4. The van der Waals surface area contributed by atoms with Crippen LogP contribution in [0.5, 0.6) is 11.5 Å². The first kappa shape index (κ1) is 20.1. The zero-order valence-electron chi connectivity index (χ0n) is 16.7. The molecule has 0 aliphatic carbocycles. The second-order valence-electron chi connectivity index (χ2n) is 6.88. The van der Waals surface area contributed by atoms with Crippen LogP contribution in [0, 0.1) is 0 Å². The third kappa shape index (κ3) is 5.25. The van der Waals surface area contributed by atoms with Gasteiger partial charge in [-0.2, -0.15) is 0 Å². The molecule has 0 N–H and O–H groups in total. The SMILES string of the molecule is O=C(COc1ccc(C(=O)Oc2ccccc2)cc1)c1ccc(-c2ccccc2)cc1. The predicted octanol–water partition coefficient (Wildman–Crippen LogP) is 5.83. The molecule has 0 aliphatic heterocycles. The molecule has 0 spiro atoms. The smallest absolute Gasteiger partial charge is 0.343 e.